The second-order valence-corrected chi connectivity index (χ2v) is 8.97. The molecule has 1 aliphatic rings. The van der Waals surface area contributed by atoms with Gasteiger partial charge in [-0.1, -0.05) is 95.2 Å². The minimum Gasteiger partial charge on any atom is -0.0654 e. The average Bonchev–Trinajstić information content (AvgIpc) is 2.71. The molecule has 0 saturated heterocycles. The van der Waals surface area contributed by atoms with E-state index < -0.39 is 0 Å². The molecule has 3 rings (SSSR count). The summed E-state index contributed by atoms with van der Waals surface area (Å²) in [5, 5.41) is 2.87. The fraction of sp³-hybridized carbons (Fsp3) is 0.630. The number of hydrogen-bond donors (Lipinski definition) is 0. The van der Waals surface area contributed by atoms with Crippen LogP contribution >= 0.6 is 0 Å². The third kappa shape index (κ3) is 6.09. The third-order valence-electron chi connectivity index (χ3n) is 6.78. The topological polar surface area (TPSA) is 0 Å². The molecule has 0 radical (unpaired) electrons. The van der Waals surface area contributed by atoms with Crippen molar-refractivity contribution in [3.05, 3.63) is 47.5 Å². The van der Waals surface area contributed by atoms with Gasteiger partial charge >= 0.3 is 0 Å². The lowest BCUT2D eigenvalue weighted by Crippen LogP contribution is -2.13. The Morgan fingerprint density at radius 1 is 0.704 bits per heavy atom. The molecule has 0 atom stereocenters. The lowest BCUT2D eigenvalue weighted by atomic mass is 9.76. The molecule has 0 bridgehead atoms. The van der Waals surface area contributed by atoms with E-state index in [4.69, 9.17) is 0 Å². The first-order valence-corrected chi connectivity index (χ1v) is 11.8. The summed E-state index contributed by atoms with van der Waals surface area (Å²) in [5.74, 6) is 1.80. The monoisotopic (exact) mass is 364 g/mol. The van der Waals surface area contributed by atoms with Gasteiger partial charge in [0.05, 0.1) is 0 Å². The number of aryl methyl sites for hydroxylation is 1. The summed E-state index contributed by atoms with van der Waals surface area (Å²) in [4.78, 5) is 0. The van der Waals surface area contributed by atoms with Gasteiger partial charge in [-0.25, -0.2) is 0 Å². The highest BCUT2D eigenvalue weighted by Gasteiger charge is 2.22. The second kappa shape index (κ2) is 10.9. The van der Waals surface area contributed by atoms with Crippen LogP contribution in [0.15, 0.2) is 36.4 Å². The Kier molecular flexibility index (Phi) is 8.24. The molecule has 0 heterocycles. The van der Waals surface area contributed by atoms with Crippen LogP contribution in [0.4, 0.5) is 0 Å². The fourth-order valence-electron chi connectivity index (χ4n) is 4.95. The number of unbranched alkanes of at least 4 members (excludes halogenated alkanes) is 5. The lowest BCUT2D eigenvalue weighted by Gasteiger charge is -2.29. The van der Waals surface area contributed by atoms with Gasteiger partial charge in [0.15, 0.2) is 0 Å². The highest BCUT2D eigenvalue weighted by atomic mass is 14.3. The molecule has 1 fully saturated rings. The number of benzene rings is 2. The quantitative estimate of drug-likeness (QED) is 0.369. The van der Waals surface area contributed by atoms with Crippen LogP contribution in [0.2, 0.25) is 0 Å². The Bertz CT molecular complexity index is 675. The van der Waals surface area contributed by atoms with Gasteiger partial charge in [0.25, 0.3) is 0 Å². The van der Waals surface area contributed by atoms with Crippen molar-refractivity contribution < 1.29 is 0 Å². The molecule has 1 aliphatic carbocycles. The maximum absolute atomic E-state index is 2.48. The van der Waals surface area contributed by atoms with Crippen molar-refractivity contribution >= 4 is 10.8 Å². The van der Waals surface area contributed by atoms with Crippen LogP contribution in [0.25, 0.3) is 10.8 Å². The predicted molar refractivity (Wildman–Crippen MR) is 121 cm³/mol. The van der Waals surface area contributed by atoms with Crippen LogP contribution in [-0.4, -0.2) is 0 Å². The zero-order valence-corrected chi connectivity index (χ0v) is 17.8. The number of hydrogen-bond acceptors (Lipinski definition) is 0. The first-order valence-electron chi connectivity index (χ1n) is 11.8. The number of rotatable bonds is 10. The fourth-order valence-corrected chi connectivity index (χ4v) is 4.95. The van der Waals surface area contributed by atoms with Crippen LogP contribution in [0.1, 0.15) is 108 Å². The molecule has 2 aromatic carbocycles. The van der Waals surface area contributed by atoms with E-state index in [-0.39, 0.29) is 0 Å². The summed E-state index contributed by atoms with van der Waals surface area (Å²) >= 11 is 0. The van der Waals surface area contributed by atoms with Gasteiger partial charge in [-0.15, -0.1) is 0 Å². The smallest absolute Gasteiger partial charge is 0.0162 e. The van der Waals surface area contributed by atoms with Crippen LogP contribution < -0.4 is 0 Å². The molecular formula is C27H40. The van der Waals surface area contributed by atoms with Gasteiger partial charge in [0.2, 0.25) is 0 Å². The van der Waals surface area contributed by atoms with E-state index in [1.165, 1.54) is 99.8 Å². The molecular weight excluding hydrogens is 324 g/mol. The zero-order chi connectivity index (χ0) is 18.9. The van der Waals surface area contributed by atoms with Crippen molar-refractivity contribution in [1.82, 2.24) is 0 Å². The second-order valence-electron chi connectivity index (χ2n) is 8.97. The first kappa shape index (κ1) is 20.4. The summed E-state index contributed by atoms with van der Waals surface area (Å²) in [6.45, 7) is 4.59. The molecule has 0 N–H and O–H groups in total. The first-order chi connectivity index (χ1) is 13.3. The molecule has 0 amide bonds. The maximum atomic E-state index is 2.48. The standard InChI is InChI=1S/C27H40/c1-3-5-7-9-10-22-12-15-24(16-13-22)26-19-18-25-20-23(11-8-6-4-2)14-17-27(25)21-26/h14,17-22,24H,3-13,15-16H2,1-2H3. The normalized spacial score (nSPS) is 20.2. The Balaban J connectivity index is 1.54. The minimum atomic E-state index is 0.797. The van der Waals surface area contributed by atoms with Gasteiger partial charge in [-0.2, -0.15) is 0 Å². The van der Waals surface area contributed by atoms with E-state index in [0.717, 1.165) is 11.8 Å². The lowest BCUT2D eigenvalue weighted by molar-refractivity contribution is 0.302. The average molecular weight is 365 g/mol. The van der Waals surface area contributed by atoms with Gasteiger partial charge in [-0.3, -0.25) is 0 Å². The maximum Gasteiger partial charge on any atom is -0.0162 e. The van der Waals surface area contributed by atoms with E-state index in [1.807, 2.05) is 0 Å². The van der Waals surface area contributed by atoms with Crippen molar-refractivity contribution in [1.29, 1.82) is 0 Å². The van der Waals surface area contributed by atoms with E-state index in [0.29, 0.717) is 0 Å². The van der Waals surface area contributed by atoms with E-state index in [1.54, 1.807) is 5.56 Å². The molecule has 0 aromatic heterocycles. The molecule has 0 nitrogen and oxygen atoms in total. The van der Waals surface area contributed by atoms with Crippen molar-refractivity contribution in [3.63, 3.8) is 0 Å². The van der Waals surface area contributed by atoms with E-state index in [9.17, 15) is 0 Å². The summed E-state index contributed by atoms with van der Waals surface area (Å²) in [7, 11) is 0. The van der Waals surface area contributed by atoms with Crippen LogP contribution in [-0.2, 0) is 6.42 Å². The van der Waals surface area contributed by atoms with Crippen LogP contribution in [0.3, 0.4) is 0 Å². The van der Waals surface area contributed by atoms with Gasteiger partial charge in [-0.05, 0) is 72.3 Å². The van der Waals surface area contributed by atoms with Crippen molar-refractivity contribution in [3.8, 4) is 0 Å². The highest BCUT2D eigenvalue weighted by molar-refractivity contribution is 5.84. The van der Waals surface area contributed by atoms with Crippen LogP contribution in [0.5, 0.6) is 0 Å². The van der Waals surface area contributed by atoms with Crippen LogP contribution in [0, 0.1) is 5.92 Å². The van der Waals surface area contributed by atoms with Gasteiger partial charge in [0, 0.05) is 0 Å². The molecule has 0 spiro atoms. The van der Waals surface area contributed by atoms with Crippen molar-refractivity contribution in [2.75, 3.05) is 0 Å². The molecule has 27 heavy (non-hydrogen) atoms. The molecule has 148 valence electrons. The molecule has 0 aliphatic heterocycles. The van der Waals surface area contributed by atoms with Gasteiger partial charge in [0.1, 0.15) is 0 Å². The Morgan fingerprint density at radius 2 is 1.41 bits per heavy atom. The Hall–Kier alpha value is -1.30. The Labute approximate surface area is 167 Å². The van der Waals surface area contributed by atoms with E-state index in [2.05, 4.69) is 50.2 Å². The molecule has 0 heteroatoms. The molecule has 0 unspecified atom stereocenters. The van der Waals surface area contributed by atoms with Crippen molar-refractivity contribution in [2.24, 2.45) is 5.92 Å². The zero-order valence-electron chi connectivity index (χ0n) is 17.8. The van der Waals surface area contributed by atoms with Crippen molar-refractivity contribution in [2.45, 2.75) is 103 Å². The SMILES string of the molecule is CCCCCCC1CCC(c2ccc3cc(CCCCC)ccc3c2)CC1. The summed E-state index contributed by atoms with van der Waals surface area (Å²) in [5.41, 5.74) is 3.10. The van der Waals surface area contributed by atoms with E-state index >= 15 is 0 Å². The largest absolute Gasteiger partial charge is 0.0654 e. The van der Waals surface area contributed by atoms with Gasteiger partial charge < -0.3 is 0 Å². The minimum absolute atomic E-state index is 0.797. The Morgan fingerprint density at radius 3 is 2.19 bits per heavy atom. The molecule has 1 saturated carbocycles. The molecule has 2 aromatic rings. The summed E-state index contributed by atoms with van der Waals surface area (Å²) in [6.07, 6.45) is 18.1. The number of fused-ring (bicyclic) bond motifs is 1. The third-order valence-corrected chi connectivity index (χ3v) is 6.78. The summed E-state index contributed by atoms with van der Waals surface area (Å²) < 4.78 is 0. The predicted octanol–water partition coefficient (Wildman–Crippen LogP) is 8.82. The summed E-state index contributed by atoms with van der Waals surface area (Å²) in [6, 6.07) is 14.4. The highest BCUT2D eigenvalue weighted by Crippen LogP contribution is 2.38.